The molecule has 0 bridgehead atoms. The molecule has 1 heterocycles. The molecule has 0 aliphatic carbocycles. The largest absolute Gasteiger partial charge is 0.493 e. The molecular weight excluding hydrogens is 226 g/mol. The van der Waals surface area contributed by atoms with Crippen molar-refractivity contribution < 1.29 is 4.74 Å². The van der Waals surface area contributed by atoms with Gasteiger partial charge in [-0.15, -0.1) is 0 Å². The monoisotopic (exact) mass is 239 g/mol. The third kappa shape index (κ3) is 2.77. The Labute approximate surface area is 106 Å². The van der Waals surface area contributed by atoms with Crippen LogP contribution in [-0.2, 0) is 6.54 Å². The molecule has 0 saturated carbocycles. The average Bonchev–Trinajstić information content (AvgIpc) is 2.45. The number of anilines is 1. The molecule has 0 atom stereocenters. The van der Waals surface area contributed by atoms with Crippen LogP contribution in [0.1, 0.15) is 11.1 Å². The lowest BCUT2D eigenvalue weighted by Gasteiger charge is -2.09. The van der Waals surface area contributed by atoms with Crippen molar-refractivity contribution in [2.75, 3.05) is 12.4 Å². The molecule has 1 aromatic heterocycles. The first-order valence-electron chi connectivity index (χ1n) is 5.55. The van der Waals surface area contributed by atoms with Gasteiger partial charge in [0.2, 0.25) is 0 Å². The Morgan fingerprint density at radius 2 is 2.22 bits per heavy atom. The lowest BCUT2D eigenvalue weighted by molar-refractivity contribution is 0.415. The van der Waals surface area contributed by atoms with Crippen LogP contribution < -0.4 is 10.1 Å². The van der Waals surface area contributed by atoms with E-state index in [4.69, 9.17) is 10.00 Å². The van der Waals surface area contributed by atoms with Crippen molar-refractivity contribution in [1.82, 2.24) is 4.98 Å². The van der Waals surface area contributed by atoms with Gasteiger partial charge < -0.3 is 10.1 Å². The zero-order chi connectivity index (χ0) is 12.8. The molecule has 0 aliphatic heterocycles. The van der Waals surface area contributed by atoms with E-state index in [0.717, 1.165) is 5.56 Å². The van der Waals surface area contributed by atoms with Crippen molar-refractivity contribution in [2.24, 2.45) is 0 Å². The van der Waals surface area contributed by atoms with E-state index in [1.807, 2.05) is 30.3 Å². The van der Waals surface area contributed by atoms with E-state index >= 15 is 0 Å². The van der Waals surface area contributed by atoms with Crippen LogP contribution in [0, 0.1) is 11.3 Å². The average molecular weight is 239 g/mol. The summed E-state index contributed by atoms with van der Waals surface area (Å²) in [6, 6.07) is 13.2. The second-order valence-electron chi connectivity index (χ2n) is 3.72. The normalized spacial score (nSPS) is 9.56. The summed E-state index contributed by atoms with van der Waals surface area (Å²) in [6.45, 7) is 0.600. The van der Waals surface area contributed by atoms with Gasteiger partial charge in [0.15, 0.2) is 11.6 Å². The summed E-state index contributed by atoms with van der Waals surface area (Å²) >= 11 is 0. The zero-order valence-electron chi connectivity index (χ0n) is 10.1. The number of rotatable bonds is 4. The molecule has 0 saturated heterocycles. The quantitative estimate of drug-likeness (QED) is 0.890. The first-order valence-corrected chi connectivity index (χ1v) is 5.55. The Morgan fingerprint density at radius 1 is 1.33 bits per heavy atom. The molecule has 0 fully saturated rings. The highest BCUT2D eigenvalue weighted by Gasteiger charge is 2.02. The van der Waals surface area contributed by atoms with Crippen molar-refractivity contribution in [3.63, 3.8) is 0 Å². The Balaban J connectivity index is 2.09. The Morgan fingerprint density at radius 3 is 3.00 bits per heavy atom. The lowest BCUT2D eigenvalue weighted by atomic mass is 10.1. The molecule has 0 radical (unpaired) electrons. The van der Waals surface area contributed by atoms with Crippen molar-refractivity contribution >= 4 is 5.82 Å². The van der Waals surface area contributed by atoms with E-state index < -0.39 is 0 Å². The van der Waals surface area contributed by atoms with Crippen LogP contribution in [0.3, 0.4) is 0 Å². The van der Waals surface area contributed by atoms with Crippen LogP contribution in [0.2, 0.25) is 0 Å². The maximum absolute atomic E-state index is 8.83. The molecule has 1 aromatic carbocycles. The van der Waals surface area contributed by atoms with Crippen LogP contribution >= 0.6 is 0 Å². The molecule has 90 valence electrons. The van der Waals surface area contributed by atoms with Gasteiger partial charge in [-0.2, -0.15) is 5.26 Å². The second-order valence-corrected chi connectivity index (χ2v) is 3.72. The van der Waals surface area contributed by atoms with E-state index in [1.54, 1.807) is 19.4 Å². The van der Waals surface area contributed by atoms with Crippen molar-refractivity contribution in [3.8, 4) is 11.8 Å². The summed E-state index contributed by atoms with van der Waals surface area (Å²) in [4.78, 5) is 4.21. The first-order chi connectivity index (χ1) is 8.83. The molecule has 4 heteroatoms. The van der Waals surface area contributed by atoms with Crippen LogP contribution in [0.25, 0.3) is 0 Å². The Bertz CT molecular complexity index is 575. The van der Waals surface area contributed by atoms with Gasteiger partial charge in [0, 0.05) is 12.7 Å². The van der Waals surface area contributed by atoms with Crippen LogP contribution in [0.4, 0.5) is 5.82 Å². The number of ether oxygens (including phenoxy) is 1. The highest BCUT2D eigenvalue weighted by molar-refractivity contribution is 5.49. The van der Waals surface area contributed by atoms with E-state index in [9.17, 15) is 0 Å². The summed E-state index contributed by atoms with van der Waals surface area (Å²) in [5.41, 5.74) is 1.68. The Hall–Kier alpha value is -2.54. The maximum Gasteiger partial charge on any atom is 0.168 e. The lowest BCUT2D eigenvalue weighted by Crippen LogP contribution is -2.03. The van der Waals surface area contributed by atoms with Crippen molar-refractivity contribution in [3.05, 3.63) is 53.7 Å². The van der Waals surface area contributed by atoms with E-state index in [0.29, 0.717) is 23.7 Å². The SMILES string of the molecule is COc1cccnc1NCc1cccc(C#N)c1. The standard InChI is InChI=1S/C14H13N3O/c1-18-13-6-3-7-16-14(13)17-10-12-5-2-4-11(8-12)9-15/h2-8H,10H2,1H3,(H,16,17). The summed E-state index contributed by atoms with van der Waals surface area (Å²) in [7, 11) is 1.61. The minimum Gasteiger partial charge on any atom is -0.493 e. The summed E-state index contributed by atoms with van der Waals surface area (Å²) in [5, 5.41) is 12.0. The van der Waals surface area contributed by atoms with Crippen LogP contribution in [-0.4, -0.2) is 12.1 Å². The van der Waals surface area contributed by atoms with Gasteiger partial charge in [-0.25, -0.2) is 4.98 Å². The predicted octanol–water partition coefficient (Wildman–Crippen LogP) is 2.57. The number of hydrogen-bond donors (Lipinski definition) is 1. The van der Waals surface area contributed by atoms with Gasteiger partial charge in [-0.1, -0.05) is 12.1 Å². The number of nitrogens with zero attached hydrogens (tertiary/aromatic N) is 2. The van der Waals surface area contributed by atoms with Gasteiger partial charge >= 0.3 is 0 Å². The number of aromatic nitrogens is 1. The molecular formula is C14H13N3O. The topological polar surface area (TPSA) is 57.9 Å². The second kappa shape index (κ2) is 5.69. The number of nitriles is 1. The predicted molar refractivity (Wildman–Crippen MR) is 69.3 cm³/mol. The summed E-state index contributed by atoms with van der Waals surface area (Å²) in [5.74, 6) is 1.40. The third-order valence-electron chi connectivity index (χ3n) is 2.51. The van der Waals surface area contributed by atoms with E-state index in [1.165, 1.54) is 0 Å². The molecule has 1 N–H and O–H groups in total. The van der Waals surface area contributed by atoms with Crippen molar-refractivity contribution in [2.45, 2.75) is 6.54 Å². The fourth-order valence-electron chi connectivity index (χ4n) is 1.62. The smallest absolute Gasteiger partial charge is 0.168 e. The van der Waals surface area contributed by atoms with Crippen LogP contribution in [0.15, 0.2) is 42.6 Å². The van der Waals surface area contributed by atoms with Gasteiger partial charge in [0.25, 0.3) is 0 Å². The molecule has 18 heavy (non-hydrogen) atoms. The molecule has 0 spiro atoms. The minimum absolute atomic E-state index is 0.600. The molecule has 2 rings (SSSR count). The number of methoxy groups -OCH3 is 1. The van der Waals surface area contributed by atoms with Crippen LogP contribution in [0.5, 0.6) is 5.75 Å². The third-order valence-corrected chi connectivity index (χ3v) is 2.51. The van der Waals surface area contributed by atoms with Crippen molar-refractivity contribution in [1.29, 1.82) is 5.26 Å². The summed E-state index contributed by atoms with van der Waals surface area (Å²) < 4.78 is 5.20. The maximum atomic E-state index is 8.83. The number of hydrogen-bond acceptors (Lipinski definition) is 4. The van der Waals surface area contributed by atoms with Gasteiger partial charge in [0.05, 0.1) is 18.7 Å². The summed E-state index contributed by atoms with van der Waals surface area (Å²) in [6.07, 6.45) is 1.70. The fourth-order valence-corrected chi connectivity index (χ4v) is 1.62. The van der Waals surface area contributed by atoms with Gasteiger partial charge in [-0.3, -0.25) is 0 Å². The number of benzene rings is 1. The fraction of sp³-hybridized carbons (Fsp3) is 0.143. The highest BCUT2D eigenvalue weighted by atomic mass is 16.5. The van der Waals surface area contributed by atoms with E-state index in [-0.39, 0.29) is 0 Å². The number of pyridine rings is 1. The van der Waals surface area contributed by atoms with Gasteiger partial charge in [-0.05, 0) is 29.8 Å². The number of nitrogens with one attached hydrogen (secondary N) is 1. The molecule has 0 aliphatic rings. The first kappa shape index (κ1) is 11.9. The highest BCUT2D eigenvalue weighted by Crippen LogP contribution is 2.20. The zero-order valence-corrected chi connectivity index (χ0v) is 10.1. The molecule has 2 aromatic rings. The Kier molecular flexibility index (Phi) is 3.77. The molecule has 0 unspecified atom stereocenters. The van der Waals surface area contributed by atoms with E-state index in [2.05, 4.69) is 16.4 Å². The molecule has 0 amide bonds. The molecule has 4 nitrogen and oxygen atoms in total. The van der Waals surface area contributed by atoms with Gasteiger partial charge in [0.1, 0.15) is 0 Å². The minimum atomic E-state index is 0.600.